The van der Waals surface area contributed by atoms with E-state index in [9.17, 15) is 0 Å². The Hall–Kier alpha value is -4.06. The Morgan fingerprint density at radius 2 is 1.04 bits per heavy atom. The van der Waals surface area contributed by atoms with Crippen molar-refractivity contribution in [3.8, 4) is 11.4 Å². The highest BCUT2D eigenvalue weighted by Gasteiger charge is 2.39. The Morgan fingerprint density at radius 3 is 1.53 bits per heavy atom. The van der Waals surface area contributed by atoms with E-state index >= 15 is 0 Å². The SMILES string of the molecule is CC(C)(C)c1cc2c3c(c1)Sc1cc(-n4c5c(c6ccccc64)CCC5)ccc1B3c1ccc(-n3c4c(c5ccccc53)CCC4)cc1S2. The number of benzene rings is 5. The number of rotatable bonds is 2. The zero-order valence-electron chi connectivity index (χ0n) is 28.3. The lowest BCUT2D eigenvalue weighted by molar-refractivity contribution is 0.587. The second-order valence-corrected chi connectivity index (χ2v) is 17.6. The molecule has 0 saturated heterocycles. The summed E-state index contributed by atoms with van der Waals surface area (Å²) in [7, 11) is 0. The molecule has 2 aliphatic heterocycles. The summed E-state index contributed by atoms with van der Waals surface area (Å²) in [6, 6.07) is 37.8. The van der Waals surface area contributed by atoms with Gasteiger partial charge in [0.2, 0.25) is 6.71 Å². The van der Waals surface area contributed by atoms with Crippen LogP contribution >= 0.6 is 23.5 Å². The molecule has 0 unspecified atom stereocenters. The third-order valence-electron chi connectivity index (χ3n) is 11.7. The molecule has 2 aromatic heterocycles. The second kappa shape index (κ2) is 10.2. The molecule has 0 saturated carbocycles. The summed E-state index contributed by atoms with van der Waals surface area (Å²) >= 11 is 3.98. The van der Waals surface area contributed by atoms with Crippen molar-refractivity contribution in [3.05, 3.63) is 125 Å². The summed E-state index contributed by atoms with van der Waals surface area (Å²) in [6.07, 6.45) is 7.19. The van der Waals surface area contributed by atoms with Crippen LogP contribution in [-0.4, -0.2) is 15.8 Å². The number of fused-ring (bicyclic) bond motifs is 10. The first-order chi connectivity index (χ1) is 23.9. The van der Waals surface area contributed by atoms with E-state index in [1.165, 1.54) is 112 Å². The first kappa shape index (κ1) is 28.8. The maximum absolute atomic E-state index is 2.57. The van der Waals surface area contributed by atoms with Crippen molar-refractivity contribution in [2.24, 2.45) is 0 Å². The molecule has 2 aliphatic carbocycles. The molecule has 0 radical (unpaired) electrons. The predicted molar refractivity (Wildman–Crippen MR) is 209 cm³/mol. The summed E-state index contributed by atoms with van der Waals surface area (Å²) < 4.78 is 5.14. The van der Waals surface area contributed by atoms with Crippen LogP contribution in [0.15, 0.2) is 117 Å². The zero-order chi connectivity index (χ0) is 32.6. The molecular weight excluding hydrogens is 631 g/mol. The van der Waals surface area contributed by atoms with E-state index in [1.807, 2.05) is 23.5 Å². The van der Waals surface area contributed by atoms with Gasteiger partial charge in [0.25, 0.3) is 0 Å². The van der Waals surface area contributed by atoms with Gasteiger partial charge in [0.15, 0.2) is 0 Å². The molecule has 0 atom stereocenters. The zero-order valence-corrected chi connectivity index (χ0v) is 29.9. The maximum atomic E-state index is 2.57. The summed E-state index contributed by atoms with van der Waals surface area (Å²) in [5.74, 6) is 0. The first-order valence-electron chi connectivity index (χ1n) is 18.0. The molecule has 5 heteroatoms. The molecule has 49 heavy (non-hydrogen) atoms. The maximum Gasteiger partial charge on any atom is 0.247 e. The smallest absolute Gasteiger partial charge is 0.247 e. The van der Waals surface area contributed by atoms with Crippen molar-refractivity contribution >= 4 is 68.4 Å². The Kier molecular flexibility index (Phi) is 6.01. The highest BCUT2D eigenvalue weighted by molar-refractivity contribution is 8.01. The third kappa shape index (κ3) is 4.06. The molecule has 2 nitrogen and oxygen atoms in total. The fraction of sp³-hybridized carbons (Fsp3) is 0.227. The van der Waals surface area contributed by atoms with Crippen molar-refractivity contribution in [1.29, 1.82) is 0 Å². The molecule has 5 aromatic carbocycles. The number of nitrogens with zero attached hydrogens (tertiary/aromatic N) is 2. The first-order valence-corrected chi connectivity index (χ1v) is 19.6. The monoisotopic (exact) mass is 668 g/mol. The van der Waals surface area contributed by atoms with E-state index in [1.54, 1.807) is 11.1 Å². The minimum atomic E-state index is 0.0710. The molecule has 0 N–H and O–H groups in total. The molecule has 0 fully saturated rings. The molecule has 11 rings (SSSR count). The highest BCUT2D eigenvalue weighted by Crippen LogP contribution is 2.44. The van der Waals surface area contributed by atoms with Gasteiger partial charge in [0, 0.05) is 53.1 Å². The summed E-state index contributed by atoms with van der Waals surface area (Å²) in [6.45, 7) is 7.29. The Bertz CT molecular complexity index is 2400. The van der Waals surface area contributed by atoms with Gasteiger partial charge in [0.05, 0.1) is 11.0 Å². The van der Waals surface area contributed by atoms with Crippen LogP contribution in [0.5, 0.6) is 0 Å². The number of aryl methyl sites for hydroxylation is 2. The quantitative estimate of drug-likeness (QED) is 0.170. The largest absolute Gasteiger partial charge is 0.313 e. The van der Waals surface area contributed by atoms with Crippen molar-refractivity contribution in [1.82, 2.24) is 9.13 Å². The minimum Gasteiger partial charge on any atom is -0.313 e. The van der Waals surface area contributed by atoms with E-state index in [2.05, 4.69) is 127 Å². The lowest BCUT2D eigenvalue weighted by Crippen LogP contribution is -2.58. The van der Waals surface area contributed by atoms with Crippen LogP contribution in [0.4, 0.5) is 0 Å². The van der Waals surface area contributed by atoms with Crippen LogP contribution in [0.1, 0.15) is 61.7 Å². The van der Waals surface area contributed by atoms with Gasteiger partial charge in [-0.25, -0.2) is 0 Å². The van der Waals surface area contributed by atoms with Crippen LogP contribution in [0.2, 0.25) is 0 Å². The van der Waals surface area contributed by atoms with Crippen LogP contribution in [-0.2, 0) is 31.1 Å². The third-order valence-corrected chi connectivity index (χ3v) is 14.0. The van der Waals surface area contributed by atoms with Gasteiger partial charge in [-0.05, 0) is 115 Å². The molecule has 0 spiro atoms. The van der Waals surface area contributed by atoms with E-state index in [0.717, 1.165) is 12.8 Å². The van der Waals surface area contributed by atoms with Gasteiger partial charge in [0.1, 0.15) is 0 Å². The van der Waals surface area contributed by atoms with E-state index in [4.69, 9.17) is 0 Å². The van der Waals surface area contributed by atoms with Gasteiger partial charge in [-0.3, -0.25) is 0 Å². The average molecular weight is 669 g/mol. The predicted octanol–water partition coefficient (Wildman–Crippen LogP) is 9.29. The molecular formula is C44H37BN2S2. The van der Waals surface area contributed by atoms with Crippen molar-refractivity contribution in [2.75, 3.05) is 0 Å². The second-order valence-electron chi connectivity index (χ2n) is 15.5. The topological polar surface area (TPSA) is 9.86 Å². The Balaban J connectivity index is 1.11. The summed E-state index contributed by atoms with van der Waals surface area (Å²) in [5, 5.41) is 2.86. The molecule has 0 amide bonds. The van der Waals surface area contributed by atoms with Gasteiger partial charge < -0.3 is 9.13 Å². The summed E-state index contributed by atoms with van der Waals surface area (Å²) in [4.78, 5) is 5.65. The molecule has 4 aliphatic rings. The fourth-order valence-electron chi connectivity index (χ4n) is 9.44. The van der Waals surface area contributed by atoms with Gasteiger partial charge in [-0.1, -0.05) is 104 Å². The van der Waals surface area contributed by atoms with E-state index < -0.39 is 0 Å². The van der Waals surface area contributed by atoms with Gasteiger partial charge in [-0.2, -0.15) is 0 Å². The van der Waals surface area contributed by atoms with E-state index in [0.29, 0.717) is 0 Å². The van der Waals surface area contributed by atoms with Crippen molar-refractivity contribution in [3.63, 3.8) is 0 Å². The molecule has 7 aromatic rings. The van der Waals surface area contributed by atoms with Crippen LogP contribution < -0.4 is 16.4 Å². The van der Waals surface area contributed by atoms with Gasteiger partial charge >= 0.3 is 0 Å². The number of para-hydroxylation sites is 2. The Morgan fingerprint density at radius 1 is 0.551 bits per heavy atom. The number of aromatic nitrogens is 2. The van der Waals surface area contributed by atoms with Crippen LogP contribution in [0, 0.1) is 0 Å². The lowest BCUT2D eigenvalue weighted by atomic mass is 9.36. The van der Waals surface area contributed by atoms with E-state index in [-0.39, 0.29) is 12.1 Å². The van der Waals surface area contributed by atoms with Crippen molar-refractivity contribution in [2.45, 2.75) is 84.3 Å². The number of hydrogen-bond donors (Lipinski definition) is 0. The fourth-order valence-corrected chi connectivity index (χ4v) is 12.0. The van der Waals surface area contributed by atoms with Crippen LogP contribution in [0.3, 0.4) is 0 Å². The normalized spacial score (nSPS) is 15.8. The van der Waals surface area contributed by atoms with Gasteiger partial charge in [-0.15, -0.1) is 0 Å². The highest BCUT2D eigenvalue weighted by atomic mass is 32.2. The minimum absolute atomic E-state index is 0.0710. The van der Waals surface area contributed by atoms with Crippen molar-refractivity contribution < 1.29 is 0 Å². The average Bonchev–Trinajstić information content (AvgIpc) is 3.89. The summed E-state index contributed by atoms with van der Waals surface area (Å²) in [5.41, 5.74) is 17.3. The standard InChI is InChI=1S/C44H37BN2S2/c1-44(2,3)26-22-41-43-42(23-26)49-40-25-28(47-36-15-7-5-11-30(36)32-13-9-17-38(32)47)19-21-34(40)45(43)33-20-18-27(24-39(33)48-41)46-35-14-6-4-10-29(35)31-12-8-16-37(31)46/h4-7,10-11,14-15,18-25H,8-9,12-13,16-17H2,1-3H3. The van der Waals surface area contributed by atoms with Crippen LogP contribution in [0.25, 0.3) is 33.2 Å². The lowest BCUT2D eigenvalue weighted by Gasteiger charge is -2.35. The molecule has 0 bridgehead atoms. The molecule has 4 heterocycles. The molecule has 238 valence electrons. The number of hydrogen-bond acceptors (Lipinski definition) is 2. The Labute approximate surface area is 297 Å².